The van der Waals surface area contributed by atoms with E-state index in [0.29, 0.717) is 19.8 Å². The van der Waals surface area contributed by atoms with E-state index in [-0.39, 0.29) is 12.7 Å². The summed E-state index contributed by atoms with van der Waals surface area (Å²) in [6.45, 7) is 1.28. The molecule has 0 amide bonds. The van der Waals surface area contributed by atoms with Gasteiger partial charge < -0.3 is 19.7 Å². The second kappa shape index (κ2) is 6.73. The lowest BCUT2D eigenvalue weighted by Crippen LogP contribution is -2.11. The third-order valence-corrected chi connectivity index (χ3v) is 3.13. The molecule has 1 aromatic carbocycles. The van der Waals surface area contributed by atoms with Crippen LogP contribution in [0.4, 0.5) is 0 Å². The average molecular weight is 252 g/mol. The minimum Gasteiger partial charge on any atom is -0.491 e. The van der Waals surface area contributed by atoms with E-state index in [4.69, 9.17) is 14.6 Å². The average Bonchev–Trinajstić information content (AvgIpc) is 2.39. The Morgan fingerprint density at radius 3 is 2.94 bits per heavy atom. The van der Waals surface area contributed by atoms with Gasteiger partial charge in [0.2, 0.25) is 0 Å². The molecule has 4 heteroatoms. The first-order valence-electron chi connectivity index (χ1n) is 6.43. The zero-order chi connectivity index (χ0) is 12.8. The largest absolute Gasteiger partial charge is 0.491 e. The highest BCUT2D eigenvalue weighted by Gasteiger charge is 2.18. The Morgan fingerprint density at radius 1 is 1.22 bits per heavy atom. The van der Waals surface area contributed by atoms with Gasteiger partial charge in [0.25, 0.3) is 0 Å². The van der Waals surface area contributed by atoms with Gasteiger partial charge in [0.05, 0.1) is 25.9 Å². The number of hydrogen-bond donors (Lipinski definition) is 2. The number of benzene rings is 1. The molecule has 0 radical (unpaired) electrons. The Bertz CT molecular complexity index is 378. The van der Waals surface area contributed by atoms with Crippen LogP contribution in [0.25, 0.3) is 0 Å². The monoisotopic (exact) mass is 252 g/mol. The molecule has 0 spiro atoms. The molecule has 4 nitrogen and oxygen atoms in total. The zero-order valence-electron chi connectivity index (χ0n) is 10.5. The Hall–Kier alpha value is -1.10. The minimum atomic E-state index is -0.358. The van der Waals surface area contributed by atoms with Gasteiger partial charge in [0, 0.05) is 0 Å². The third kappa shape index (κ3) is 3.45. The number of aliphatic hydroxyl groups excluding tert-OH is 2. The molecule has 1 aliphatic rings. The molecule has 2 N–H and O–H groups in total. The number of aryl methyl sites for hydroxylation is 1. The number of hydrogen-bond acceptors (Lipinski definition) is 4. The molecule has 1 unspecified atom stereocenters. The summed E-state index contributed by atoms with van der Waals surface area (Å²) in [5.74, 6) is 0.766. The smallest absolute Gasteiger partial charge is 0.119 e. The van der Waals surface area contributed by atoms with E-state index in [0.717, 1.165) is 30.6 Å². The molecule has 2 rings (SSSR count). The third-order valence-electron chi connectivity index (χ3n) is 3.13. The highest BCUT2D eigenvalue weighted by Crippen LogP contribution is 2.32. The van der Waals surface area contributed by atoms with E-state index in [9.17, 15) is 5.11 Å². The summed E-state index contributed by atoms with van der Waals surface area (Å²) in [6, 6.07) is 5.88. The summed E-state index contributed by atoms with van der Waals surface area (Å²) in [6.07, 6.45) is 2.55. The maximum atomic E-state index is 9.92. The first-order valence-corrected chi connectivity index (χ1v) is 6.43. The first-order chi connectivity index (χ1) is 8.81. The maximum Gasteiger partial charge on any atom is 0.119 e. The molecule has 18 heavy (non-hydrogen) atoms. The fraction of sp³-hybridized carbons (Fsp3) is 0.571. The van der Waals surface area contributed by atoms with Crippen LogP contribution in [0.15, 0.2) is 18.2 Å². The normalized spacial score (nSPS) is 18.4. The molecular formula is C14H20O4. The lowest BCUT2D eigenvalue weighted by molar-refractivity contribution is 0.0704. The van der Waals surface area contributed by atoms with Crippen molar-refractivity contribution in [3.05, 3.63) is 29.3 Å². The van der Waals surface area contributed by atoms with Crippen molar-refractivity contribution in [2.24, 2.45) is 0 Å². The van der Waals surface area contributed by atoms with Gasteiger partial charge in [-0.15, -0.1) is 0 Å². The van der Waals surface area contributed by atoms with Gasteiger partial charge in [-0.25, -0.2) is 0 Å². The van der Waals surface area contributed by atoms with E-state index in [1.807, 2.05) is 18.2 Å². The second-order valence-electron chi connectivity index (χ2n) is 4.45. The first kappa shape index (κ1) is 13.3. The Labute approximate surface area is 107 Å². The van der Waals surface area contributed by atoms with Gasteiger partial charge in [-0.2, -0.15) is 0 Å². The minimum absolute atomic E-state index is 0.0328. The van der Waals surface area contributed by atoms with Crippen molar-refractivity contribution in [2.45, 2.75) is 25.4 Å². The van der Waals surface area contributed by atoms with Crippen LogP contribution in [-0.4, -0.2) is 36.6 Å². The molecule has 0 saturated heterocycles. The Morgan fingerprint density at radius 2 is 2.11 bits per heavy atom. The fourth-order valence-corrected chi connectivity index (χ4v) is 2.23. The summed E-state index contributed by atoms with van der Waals surface area (Å²) < 4.78 is 10.7. The van der Waals surface area contributed by atoms with Gasteiger partial charge in [0.15, 0.2) is 0 Å². The van der Waals surface area contributed by atoms with Crippen LogP contribution in [0.5, 0.6) is 5.75 Å². The lowest BCUT2D eigenvalue weighted by atomic mass is 9.89. The summed E-state index contributed by atoms with van der Waals surface area (Å²) in [7, 11) is 0. The van der Waals surface area contributed by atoms with Crippen molar-refractivity contribution >= 4 is 0 Å². The van der Waals surface area contributed by atoms with Crippen LogP contribution in [0.2, 0.25) is 0 Å². The molecule has 1 atom stereocenters. The fourth-order valence-electron chi connectivity index (χ4n) is 2.23. The summed E-state index contributed by atoms with van der Waals surface area (Å²) in [4.78, 5) is 0. The Balaban J connectivity index is 1.88. The molecule has 0 fully saturated rings. The molecule has 1 aromatic rings. The molecule has 0 bridgehead atoms. The van der Waals surface area contributed by atoms with Crippen LogP contribution < -0.4 is 4.74 Å². The van der Waals surface area contributed by atoms with Crippen molar-refractivity contribution in [3.8, 4) is 5.75 Å². The van der Waals surface area contributed by atoms with Crippen LogP contribution in [0.3, 0.4) is 0 Å². The van der Waals surface area contributed by atoms with Gasteiger partial charge >= 0.3 is 0 Å². The molecular weight excluding hydrogens is 232 g/mol. The quantitative estimate of drug-likeness (QED) is 0.752. The SMILES string of the molecule is OCCOCCOc1ccc2c(c1)C(O)CCC2. The second-order valence-corrected chi connectivity index (χ2v) is 4.45. The van der Waals surface area contributed by atoms with Crippen LogP contribution in [0.1, 0.15) is 30.1 Å². The zero-order valence-corrected chi connectivity index (χ0v) is 10.5. The van der Waals surface area contributed by atoms with Gasteiger partial charge in [0.1, 0.15) is 12.4 Å². The van der Waals surface area contributed by atoms with Crippen molar-refractivity contribution in [1.29, 1.82) is 0 Å². The summed E-state index contributed by atoms with van der Waals surface area (Å²) >= 11 is 0. The van der Waals surface area contributed by atoms with Gasteiger partial charge in [-0.1, -0.05) is 6.07 Å². The van der Waals surface area contributed by atoms with Crippen molar-refractivity contribution in [1.82, 2.24) is 0 Å². The molecule has 100 valence electrons. The molecule has 0 heterocycles. The Kier molecular flexibility index (Phi) is 4.99. The number of fused-ring (bicyclic) bond motifs is 1. The van der Waals surface area contributed by atoms with E-state index < -0.39 is 0 Å². The van der Waals surface area contributed by atoms with E-state index in [2.05, 4.69) is 0 Å². The molecule has 0 aromatic heterocycles. The molecule has 0 saturated carbocycles. The molecule has 0 aliphatic heterocycles. The standard InChI is InChI=1S/C14H20O4/c15-6-7-17-8-9-18-12-5-4-11-2-1-3-14(16)13(11)10-12/h4-5,10,14-16H,1-3,6-9H2. The van der Waals surface area contributed by atoms with E-state index in [1.54, 1.807) is 0 Å². The highest BCUT2D eigenvalue weighted by molar-refractivity contribution is 5.38. The van der Waals surface area contributed by atoms with Gasteiger partial charge in [-0.05, 0) is 42.5 Å². The number of aliphatic hydroxyl groups is 2. The maximum absolute atomic E-state index is 9.92. The van der Waals surface area contributed by atoms with Crippen LogP contribution in [0, 0.1) is 0 Å². The molecule has 1 aliphatic carbocycles. The van der Waals surface area contributed by atoms with Crippen molar-refractivity contribution in [3.63, 3.8) is 0 Å². The van der Waals surface area contributed by atoms with E-state index in [1.165, 1.54) is 5.56 Å². The highest BCUT2D eigenvalue weighted by atomic mass is 16.5. The van der Waals surface area contributed by atoms with E-state index >= 15 is 0 Å². The summed E-state index contributed by atoms with van der Waals surface area (Å²) in [5, 5.41) is 18.5. The predicted octanol–water partition coefficient (Wildman–Crippen LogP) is 1.44. The topological polar surface area (TPSA) is 58.9 Å². The number of ether oxygens (including phenoxy) is 2. The van der Waals surface area contributed by atoms with Gasteiger partial charge in [-0.3, -0.25) is 0 Å². The van der Waals surface area contributed by atoms with Crippen LogP contribution in [-0.2, 0) is 11.2 Å². The number of rotatable bonds is 6. The van der Waals surface area contributed by atoms with Crippen molar-refractivity contribution < 1.29 is 19.7 Å². The predicted molar refractivity (Wildman–Crippen MR) is 67.7 cm³/mol. The van der Waals surface area contributed by atoms with Crippen molar-refractivity contribution in [2.75, 3.05) is 26.4 Å². The lowest BCUT2D eigenvalue weighted by Gasteiger charge is -2.22. The van der Waals surface area contributed by atoms with Crippen LogP contribution >= 0.6 is 0 Å². The summed E-state index contributed by atoms with van der Waals surface area (Å²) in [5.41, 5.74) is 2.22.